The summed E-state index contributed by atoms with van der Waals surface area (Å²) in [6.07, 6.45) is 0.362. The summed E-state index contributed by atoms with van der Waals surface area (Å²) in [5.41, 5.74) is 0.386. The molecule has 112 valence electrons. The first-order valence-corrected chi connectivity index (χ1v) is 7.81. The van der Waals surface area contributed by atoms with Gasteiger partial charge in [0.2, 0.25) is 0 Å². The highest BCUT2D eigenvalue weighted by molar-refractivity contribution is 7.85. The second-order valence-corrected chi connectivity index (χ2v) is 6.89. The Labute approximate surface area is 119 Å². The van der Waals surface area contributed by atoms with Crippen molar-refractivity contribution in [3.8, 4) is 0 Å². The van der Waals surface area contributed by atoms with Gasteiger partial charge in [0.15, 0.2) is 0 Å². The fourth-order valence-electron chi connectivity index (χ4n) is 1.35. The van der Waals surface area contributed by atoms with Crippen LogP contribution in [-0.2, 0) is 25.6 Å². The van der Waals surface area contributed by atoms with Crippen molar-refractivity contribution in [2.45, 2.75) is 33.0 Å². The quantitative estimate of drug-likeness (QED) is 0.864. The molecule has 0 aliphatic rings. The minimum Gasteiger partial charge on any atom is -0.444 e. The highest BCUT2D eigenvalue weighted by Gasteiger charge is 2.17. The Hall–Kier alpha value is -1.60. The minimum absolute atomic E-state index is 0.148. The van der Waals surface area contributed by atoms with Gasteiger partial charge in [0.1, 0.15) is 5.60 Å². The number of rotatable bonds is 4. The molecule has 20 heavy (non-hydrogen) atoms. The molecule has 0 unspecified atom stereocenters. The van der Waals surface area contributed by atoms with Crippen LogP contribution in [0.15, 0.2) is 24.3 Å². The molecule has 6 nitrogen and oxygen atoms in total. The zero-order valence-electron chi connectivity index (χ0n) is 12.0. The van der Waals surface area contributed by atoms with Crippen molar-refractivity contribution in [1.29, 1.82) is 0 Å². The Bertz CT molecular complexity index is 575. The molecule has 1 amide bonds. The van der Waals surface area contributed by atoms with Gasteiger partial charge in [-0.25, -0.2) is 4.79 Å². The summed E-state index contributed by atoms with van der Waals surface area (Å²) in [6, 6.07) is 6.75. The summed E-state index contributed by atoms with van der Waals surface area (Å²) >= 11 is 0. The molecule has 0 aromatic heterocycles. The topological polar surface area (TPSA) is 81.7 Å². The van der Waals surface area contributed by atoms with Gasteiger partial charge in [-0.15, -0.1) is 0 Å². The van der Waals surface area contributed by atoms with Gasteiger partial charge in [-0.3, -0.25) is 9.50 Å². The molecule has 1 aromatic carbocycles. The van der Waals surface area contributed by atoms with E-state index < -0.39 is 21.8 Å². The number of hydrogen-bond acceptors (Lipinski definition) is 5. The molecule has 0 spiro atoms. The van der Waals surface area contributed by atoms with Crippen molar-refractivity contribution in [1.82, 2.24) is 0 Å². The molecule has 0 saturated heterocycles. The van der Waals surface area contributed by atoms with Gasteiger partial charge in [-0.2, -0.15) is 8.42 Å². The molecule has 1 N–H and O–H groups in total. The van der Waals surface area contributed by atoms with Crippen molar-refractivity contribution in [3.63, 3.8) is 0 Å². The molecular weight excluding hydrogens is 282 g/mol. The fraction of sp³-hybridized carbons (Fsp3) is 0.462. The summed E-state index contributed by atoms with van der Waals surface area (Å²) in [7, 11) is -3.54. The van der Waals surface area contributed by atoms with Crippen molar-refractivity contribution < 1.29 is 22.1 Å². The molecule has 1 rings (SSSR count). The number of hydrogen-bond donors (Lipinski definition) is 1. The van der Waals surface area contributed by atoms with Crippen molar-refractivity contribution >= 4 is 21.9 Å². The molecule has 0 aliphatic carbocycles. The third kappa shape index (κ3) is 6.53. The average Bonchev–Trinajstić information content (AvgIpc) is 2.24. The minimum atomic E-state index is -3.54. The Morgan fingerprint density at radius 1 is 1.25 bits per heavy atom. The Kier molecular flexibility index (Phi) is 5.13. The maximum absolute atomic E-state index is 11.7. The number of amides is 1. The smallest absolute Gasteiger partial charge is 0.412 e. The first-order chi connectivity index (χ1) is 9.07. The van der Waals surface area contributed by atoms with Crippen LogP contribution >= 0.6 is 0 Å². The van der Waals surface area contributed by atoms with E-state index in [1.165, 1.54) is 0 Å². The van der Waals surface area contributed by atoms with E-state index in [0.29, 0.717) is 11.3 Å². The molecule has 0 saturated carbocycles. The largest absolute Gasteiger partial charge is 0.444 e. The zero-order chi connectivity index (χ0) is 15.4. The van der Waals surface area contributed by atoms with Gasteiger partial charge in [0.05, 0.1) is 12.9 Å². The number of nitrogens with one attached hydrogen (secondary N) is 1. The van der Waals surface area contributed by atoms with Crippen LogP contribution < -0.4 is 5.32 Å². The van der Waals surface area contributed by atoms with Crippen LogP contribution in [0.1, 0.15) is 26.3 Å². The maximum Gasteiger partial charge on any atom is 0.412 e. The van der Waals surface area contributed by atoms with Gasteiger partial charge in [0, 0.05) is 11.3 Å². The second-order valence-electron chi connectivity index (χ2n) is 5.25. The Balaban J connectivity index is 2.78. The van der Waals surface area contributed by atoms with Gasteiger partial charge in [-0.05, 0) is 26.8 Å². The van der Waals surface area contributed by atoms with Crippen LogP contribution in [0, 0.1) is 0 Å². The average molecular weight is 301 g/mol. The first-order valence-electron chi connectivity index (χ1n) is 5.99. The van der Waals surface area contributed by atoms with E-state index in [1.807, 2.05) is 0 Å². The standard InChI is InChI=1S/C13H19NO5S/c1-13(2,3)19-12(15)14-11-8-6-5-7-10(11)9-18-20(4,16)17/h5-8H,9H2,1-4H3,(H,14,15). The molecular formula is C13H19NO5S. The summed E-state index contributed by atoms with van der Waals surface area (Å²) in [5.74, 6) is 0. The number of para-hydroxylation sites is 1. The second kappa shape index (κ2) is 6.23. The Morgan fingerprint density at radius 3 is 2.40 bits per heavy atom. The van der Waals surface area contributed by atoms with E-state index in [9.17, 15) is 13.2 Å². The number of anilines is 1. The molecule has 7 heteroatoms. The van der Waals surface area contributed by atoms with Crippen molar-refractivity contribution in [2.75, 3.05) is 11.6 Å². The first kappa shape index (κ1) is 16.5. The molecule has 0 heterocycles. The predicted molar refractivity (Wildman–Crippen MR) is 75.9 cm³/mol. The van der Waals surface area contributed by atoms with Crippen LogP contribution in [0.5, 0.6) is 0 Å². The van der Waals surface area contributed by atoms with E-state index in [-0.39, 0.29) is 6.61 Å². The van der Waals surface area contributed by atoms with Gasteiger partial charge < -0.3 is 4.74 Å². The molecule has 0 aliphatic heterocycles. The van der Waals surface area contributed by atoms with Gasteiger partial charge >= 0.3 is 6.09 Å². The van der Waals surface area contributed by atoms with E-state index in [0.717, 1.165) is 6.26 Å². The van der Waals surface area contributed by atoms with Gasteiger partial charge in [-0.1, -0.05) is 18.2 Å². The molecule has 0 bridgehead atoms. The van der Waals surface area contributed by atoms with Crippen LogP contribution in [0.3, 0.4) is 0 Å². The number of ether oxygens (including phenoxy) is 1. The SMILES string of the molecule is CC(C)(C)OC(=O)Nc1ccccc1COS(C)(=O)=O. The van der Waals surface area contributed by atoms with E-state index in [4.69, 9.17) is 8.92 Å². The van der Waals surface area contributed by atoms with E-state index in [1.54, 1.807) is 45.0 Å². The van der Waals surface area contributed by atoms with Crippen LogP contribution in [-0.4, -0.2) is 26.4 Å². The highest BCUT2D eigenvalue weighted by atomic mass is 32.2. The van der Waals surface area contributed by atoms with Crippen molar-refractivity contribution in [2.24, 2.45) is 0 Å². The van der Waals surface area contributed by atoms with Crippen LogP contribution in [0.2, 0.25) is 0 Å². The summed E-state index contributed by atoms with van der Waals surface area (Å²) in [6.45, 7) is 5.12. The third-order valence-electron chi connectivity index (χ3n) is 2.08. The van der Waals surface area contributed by atoms with Crippen molar-refractivity contribution in [3.05, 3.63) is 29.8 Å². The molecule has 1 aromatic rings. The predicted octanol–water partition coefficient (Wildman–Crippen LogP) is 2.51. The lowest BCUT2D eigenvalue weighted by Crippen LogP contribution is -2.27. The normalized spacial score (nSPS) is 12.0. The molecule has 0 atom stereocenters. The lowest BCUT2D eigenvalue weighted by Gasteiger charge is -2.20. The summed E-state index contributed by atoms with van der Waals surface area (Å²) in [5, 5.41) is 2.57. The summed E-state index contributed by atoms with van der Waals surface area (Å²) in [4.78, 5) is 11.7. The van der Waals surface area contributed by atoms with E-state index >= 15 is 0 Å². The molecule has 0 radical (unpaired) electrons. The van der Waals surface area contributed by atoms with E-state index in [2.05, 4.69) is 5.32 Å². The zero-order valence-corrected chi connectivity index (χ0v) is 12.8. The molecule has 0 fully saturated rings. The van der Waals surface area contributed by atoms with Crippen LogP contribution in [0.4, 0.5) is 10.5 Å². The number of carbonyl (C=O) groups is 1. The Morgan fingerprint density at radius 2 is 1.85 bits per heavy atom. The lowest BCUT2D eigenvalue weighted by atomic mass is 10.2. The van der Waals surface area contributed by atoms with Crippen LogP contribution in [0.25, 0.3) is 0 Å². The monoisotopic (exact) mass is 301 g/mol. The van der Waals surface area contributed by atoms with Gasteiger partial charge in [0.25, 0.3) is 10.1 Å². The number of benzene rings is 1. The fourth-order valence-corrected chi connectivity index (χ4v) is 1.69. The highest BCUT2D eigenvalue weighted by Crippen LogP contribution is 2.18. The third-order valence-corrected chi connectivity index (χ3v) is 2.63. The summed E-state index contributed by atoms with van der Waals surface area (Å²) < 4.78 is 31.8. The lowest BCUT2D eigenvalue weighted by molar-refractivity contribution is 0.0635. The maximum atomic E-state index is 11.7. The number of carbonyl (C=O) groups excluding carboxylic acids is 1.